The number of carboxylic acid groups (broad SMARTS) is 1. The van der Waals surface area contributed by atoms with E-state index < -0.39 is 5.97 Å². The number of carboxylic acids is 1. The monoisotopic (exact) mass is 195 g/mol. The van der Waals surface area contributed by atoms with Crippen LogP contribution in [0.1, 0.15) is 17.9 Å². The van der Waals surface area contributed by atoms with Gasteiger partial charge in [0.05, 0.1) is 6.42 Å². The first kappa shape index (κ1) is 8.99. The summed E-state index contributed by atoms with van der Waals surface area (Å²) in [5, 5.41) is 11.7. The number of aliphatic carboxylic acids is 1. The van der Waals surface area contributed by atoms with Crippen LogP contribution < -0.4 is 5.32 Å². The maximum absolute atomic E-state index is 12.9. The Labute approximate surface area is 80.6 Å². The van der Waals surface area contributed by atoms with Crippen LogP contribution in [0, 0.1) is 5.82 Å². The zero-order valence-electron chi connectivity index (χ0n) is 7.46. The van der Waals surface area contributed by atoms with Gasteiger partial charge in [-0.1, -0.05) is 0 Å². The Morgan fingerprint density at radius 2 is 2.43 bits per heavy atom. The van der Waals surface area contributed by atoms with E-state index in [0.29, 0.717) is 6.54 Å². The van der Waals surface area contributed by atoms with Crippen molar-refractivity contribution >= 4 is 11.7 Å². The maximum Gasteiger partial charge on any atom is 0.304 e. The van der Waals surface area contributed by atoms with E-state index in [2.05, 4.69) is 5.32 Å². The van der Waals surface area contributed by atoms with Gasteiger partial charge in [0.25, 0.3) is 0 Å². The van der Waals surface area contributed by atoms with E-state index in [1.165, 1.54) is 12.1 Å². The standard InChI is InChI=1S/C10H10FNO2/c11-7-1-2-9-8(4-7)6(5-12-9)3-10(13)14/h1-2,4,6,12H,3,5H2,(H,13,14)/t6-/m0/s1. The van der Waals surface area contributed by atoms with E-state index in [4.69, 9.17) is 5.11 Å². The summed E-state index contributed by atoms with van der Waals surface area (Å²) in [5.74, 6) is -1.28. The highest BCUT2D eigenvalue weighted by Crippen LogP contribution is 2.33. The second kappa shape index (κ2) is 3.29. The minimum absolute atomic E-state index is 0.0451. The molecule has 0 fully saturated rings. The molecule has 2 N–H and O–H groups in total. The number of benzene rings is 1. The van der Waals surface area contributed by atoms with Crippen molar-refractivity contribution in [3.8, 4) is 0 Å². The molecule has 2 rings (SSSR count). The van der Waals surface area contributed by atoms with Gasteiger partial charge in [0, 0.05) is 18.2 Å². The minimum Gasteiger partial charge on any atom is -0.481 e. The Balaban J connectivity index is 2.28. The summed E-state index contributed by atoms with van der Waals surface area (Å²) < 4.78 is 12.9. The summed E-state index contributed by atoms with van der Waals surface area (Å²) in [5.41, 5.74) is 1.62. The lowest BCUT2D eigenvalue weighted by molar-refractivity contribution is -0.137. The van der Waals surface area contributed by atoms with Gasteiger partial charge in [-0.3, -0.25) is 4.79 Å². The van der Waals surface area contributed by atoms with Crippen LogP contribution in [0.25, 0.3) is 0 Å². The molecule has 0 saturated carbocycles. The largest absolute Gasteiger partial charge is 0.481 e. The minimum atomic E-state index is -0.853. The first-order valence-corrected chi connectivity index (χ1v) is 4.42. The molecule has 4 heteroatoms. The number of carbonyl (C=O) groups is 1. The van der Waals surface area contributed by atoms with Crippen molar-refractivity contribution in [1.82, 2.24) is 0 Å². The van der Waals surface area contributed by atoms with E-state index in [9.17, 15) is 9.18 Å². The molecule has 0 bridgehead atoms. The Morgan fingerprint density at radius 1 is 1.64 bits per heavy atom. The molecule has 1 heterocycles. The second-order valence-corrected chi connectivity index (χ2v) is 3.41. The molecule has 1 atom stereocenters. The molecule has 74 valence electrons. The van der Waals surface area contributed by atoms with E-state index in [1.54, 1.807) is 6.07 Å². The highest BCUT2D eigenvalue weighted by atomic mass is 19.1. The van der Waals surface area contributed by atoms with Gasteiger partial charge < -0.3 is 10.4 Å². The Morgan fingerprint density at radius 3 is 3.14 bits per heavy atom. The van der Waals surface area contributed by atoms with E-state index in [0.717, 1.165) is 11.3 Å². The maximum atomic E-state index is 12.9. The Kier molecular flexibility index (Phi) is 2.11. The van der Waals surface area contributed by atoms with Crippen molar-refractivity contribution < 1.29 is 14.3 Å². The lowest BCUT2D eigenvalue weighted by Crippen LogP contribution is -2.08. The topological polar surface area (TPSA) is 49.3 Å². The van der Waals surface area contributed by atoms with Crippen LogP contribution in [-0.2, 0) is 4.79 Å². The summed E-state index contributed by atoms with van der Waals surface area (Å²) in [6, 6.07) is 4.42. The molecule has 0 spiro atoms. The first-order chi connectivity index (χ1) is 6.66. The molecule has 0 unspecified atom stereocenters. The molecule has 1 aromatic carbocycles. The van der Waals surface area contributed by atoms with Gasteiger partial charge in [-0.15, -0.1) is 0 Å². The van der Waals surface area contributed by atoms with Crippen LogP contribution in [0.4, 0.5) is 10.1 Å². The van der Waals surface area contributed by atoms with Crippen molar-refractivity contribution in [1.29, 1.82) is 0 Å². The molecule has 1 aliphatic heterocycles. The average Bonchev–Trinajstić information content (AvgIpc) is 2.47. The lowest BCUT2D eigenvalue weighted by Gasteiger charge is -2.05. The molecule has 1 aliphatic rings. The van der Waals surface area contributed by atoms with Crippen LogP contribution in [-0.4, -0.2) is 17.6 Å². The van der Waals surface area contributed by atoms with Crippen LogP contribution in [0.15, 0.2) is 18.2 Å². The third-order valence-electron chi connectivity index (χ3n) is 2.41. The zero-order valence-corrected chi connectivity index (χ0v) is 7.46. The van der Waals surface area contributed by atoms with Crippen LogP contribution >= 0.6 is 0 Å². The molecular weight excluding hydrogens is 185 g/mol. The van der Waals surface area contributed by atoms with Gasteiger partial charge in [-0.25, -0.2) is 4.39 Å². The van der Waals surface area contributed by atoms with Gasteiger partial charge in [-0.2, -0.15) is 0 Å². The number of fused-ring (bicyclic) bond motifs is 1. The third kappa shape index (κ3) is 1.55. The molecule has 1 aromatic rings. The van der Waals surface area contributed by atoms with Gasteiger partial charge >= 0.3 is 5.97 Å². The number of halogens is 1. The van der Waals surface area contributed by atoms with E-state index in [-0.39, 0.29) is 18.2 Å². The normalized spacial score (nSPS) is 18.8. The van der Waals surface area contributed by atoms with Gasteiger partial charge in [0.2, 0.25) is 0 Å². The fourth-order valence-electron chi connectivity index (χ4n) is 1.77. The number of anilines is 1. The molecular formula is C10H10FNO2. The van der Waals surface area contributed by atoms with E-state index in [1.807, 2.05) is 0 Å². The highest BCUT2D eigenvalue weighted by Gasteiger charge is 2.24. The summed E-state index contributed by atoms with van der Waals surface area (Å²) in [4.78, 5) is 10.5. The summed E-state index contributed by atoms with van der Waals surface area (Å²) in [6.45, 7) is 0.574. The fraction of sp³-hybridized carbons (Fsp3) is 0.300. The Bertz CT molecular complexity index is 378. The van der Waals surface area contributed by atoms with Gasteiger partial charge in [-0.05, 0) is 23.8 Å². The van der Waals surface area contributed by atoms with Crippen LogP contribution in [0.3, 0.4) is 0 Å². The van der Waals surface area contributed by atoms with Crippen molar-refractivity contribution in [3.63, 3.8) is 0 Å². The average molecular weight is 195 g/mol. The second-order valence-electron chi connectivity index (χ2n) is 3.41. The van der Waals surface area contributed by atoms with Gasteiger partial charge in [0.15, 0.2) is 0 Å². The number of nitrogens with one attached hydrogen (secondary N) is 1. The molecule has 0 saturated heterocycles. The predicted octanol–water partition coefficient (Wildman–Crippen LogP) is 1.81. The summed E-state index contributed by atoms with van der Waals surface area (Å²) >= 11 is 0. The van der Waals surface area contributed by atoms with Crippen LogP contribution in [0.5, 0.6) is 0 Å². The number of hydrogen-bond donors (Lipinski definition) is 2. The van der Waals surface area contributed by atoms with Crippen molar-refractivity contribution in [2.24, 2.45) is 0 Å². The molecule has 0 aliphatic carbocycles. The molecule has 14 heavy (non-hydrogen) atoms. The van der Waals surface area contributed by atoms with E-state index >= 15 is 0 Å². The summed E-state index contributed by atoms with van der Waals surface area (Å²) in [6.07, 6.45) is 0.0451. The number of rotatable bonds is 2. The third-order valence-corrected chi connectivity index (χ3v) is 2.41. The van der Waals surface area contributed by atoms with Crippen molar-refractivity contribution in [3.05, 3.63) is 29.6 Å². The Hall–Kier alpha value is -1.58. The predicted molar refractivity (Wildman–Crippen MR) is 49.9 cm³/mol. The first-order valence-electron chi connectivity index (χ1n) is 4.42. The summed E-state index contributed by atoms with van der Waals surface area (Å²) in [7, 11) is 0. The lowest BCUT2D eigenvalue weighted by atomic mass is 9.98. The zero-order chi connectivity index (χ0) is 10.1. The molecule has 0 aromatic heterocycles. The molecule has 0 amide bonds. The SMILES string of the molecule is O=C(O)C[C@H]1CNc2ccc(F)cc21. The molecule has 3 nitrogen and oxygen atoms in total. The quantitative estimate of drug-likeness (QED) is 0.756. The van der Waals surface area contributed by atoms with Crippen LogP contribution in [0.2, 0.25) is 0 Å². The van der Waals surface area contributed by atoms with Gasteiger partial charge in [0.1, 0.15) is 5.82 Å². The fourth-order valence-corrected chi connectivity index (χ4v) is 1.77. The van der Waals surface area contributed by atoms with Crippen molar-refractivity contribution in [2.45, 2.75) is 12.3 Å². The number of hydrogen-bond acceptors (Lipinski definition) is 2. The highest BCUT2D eigenvalue weighted by molar-refractivity contribution is 5.70. The molecule has 0 radical (unpaired) electrons. The smallest absolute Gasteiger partial charge is 0.304 e. The van der Waals surface area contributed by atoms with Crippen molar-refractivity contribution in [2.75, 3.05) is 11.9 Å².